The molecule has 0 heterocycles. The minimum atomic E-state index is -4.48. The molecule has 1 atom stereocenters. The normalized spacial score (nSPS) is 13.4. The zero-order valence-corrected chi connectivity index (χ0v) is 14.6. The van der Waals surface area contributed by atoms with Crippen molar-refractivity contribution in [3.05, 3.63) is 59.7 Å². The molecule has 9 heteroatoms. The van der Waals surface area contributed by atoms with E-state index in [1.54, 1.807) is 13.0 Å². The zero-order chi connectivity index (χ0) is 19.4. The molecule has 2 rings (SSSR count). The third-order valence-corrected chi connectivity index (χ3v) is 4.99. The number of rotatable bonds is 7. The van der Waals surface area contributed by atoms with Crippen molar-refractivity contribution in [1.29, 1.82) is 0 Å². The van der Waals surface area contributed by atoms with Crippen molar-refractivity contribution in [1.82, 2.24) is 4.72 Å². The summed E-state index contributed by atoms with van der Waals surface area (Å²) in [6.45, 7) is 1.60. The molecule has 5 nitrogen and oxygen atoms in total. The highest BCUT2D eigenvalue weighted by molar-refractivity contribution is 7.89. The van der Waals surface area contributed by atoms with E-state index in [2.05, 4.69) is 4.72 Å². The minimum Gasteiger partial charge on any atom is -0.492 e. The summed E-state index contributed by atoms with van der Waals surface area (Å²) >= 11 is 0. The van der Waals surface area contributed by atoms with Crippen LogP contribution >= 0.6 is 0 Å². The van der Waals surface area contributed by atoms with Gasteiger partial charge in [-0.15, -0.1) is 0 Å². The van der Waals surface area contributed by atoms with Crippen LogP contribution < -0.4 is 9.46 Å². The Kier molecular flexibility index (Phi) is 6.27. The first-order valence-corrected chi connectivity index (χ1v) is 9.20. The van der Waals surface area contributed by atoms with Crippen LogP contribution in [-0.2, 0) is 16.2 Å². The molecule has 0 fully saturated rings. The lowest BCUT2D eigenvalue weighted by Crippen LogP contribution is -2.29. The Balaban J connectivity index is 2.10. The first kappa shape index (κ1) is 20.2. The molecule has 2 aromatic carbocycles. The minimum absolute atomic E-state index is 0.0820. The first-order valence-electron chi connectivity index (χ1n) is 7.72. The summed E-state index contributed by atoms with van der Waals surface area (Å²) in [6.07, 6.45) is -5.78. The number of nitrogens with one attached hydrogen (secondary N) is 1. The number of ether oxygens (including phenoxy) is 1. The van der Waals surface area contributed by atoms with Gasteiger partial charge in [-0.2, -0.15) is 13.2 Å². The van der Waals surface area contributed by atoms with E-state index in [9.17, 15) is 26.7 Å². The van der Waals surface area contributed by atoms with Gasteiger partial charge < -0.3 is 9.84 Å². The van der Waals surface area contributed by atoms with E-state index in [-0.39, 0.29) is 22.8 Å². The fourth-order valence-corrected chi connectivity index (χ4v) is 3.41. The van der Waals surface area contributed by atoms with Gasteiger partial charge in [-0.3, -0.25) is 0 Å². The van der Waals surface area contributed by atoms with Gasteiger partial charge in [0.1, 0.15) is 10.6 Å². The van der Waals surface area contributed by atoms with E-state index in [1.165, 1.54) is 18.2 Å². The van der Waals surface area contributed by atoms with Gasteiger partial charge in [-0.1, -0.05) is 24.3 Å². The fourth-order valence-electron chi connectivity index (χ4n) is 2.23. The van der Waals surface area contributed by atoms with Crippen LogP contribution in [0.3, 0.4) is 0 Å². The Morgan fingerprint density at radius 3 is 2.31 bits per heavy atom. The average Bonchev–Trinajstić information content (AvgIpc) is 2.60. The number of halogens is 3. The van der Waals surface area contributed by atoms with E-state index in [1.807, 2.05) is 0 Å². The smallest absolute Gasteiger partial charge is 0.416 e. The van der Waals surface area contributed by atoms with Crippen molar-refractivity contribution in [2.45, 2.75) is 24.1 Å². The summed E-state index contributed by atoms with van der Waals surface area (Å²) < 4.78 is 69.9. The molecule has 2 aromatic rings. The lowest BCUT2D eigenvalue weighted by atomic mass is 10.1. The summed E-state index contributed by atoms with van der Waals surface area (Å²) in [7, 11) is -3.96. The standard InChI is InChI=1S/C17H18F3NO4S/c1-2-25-15-5-3-4-6-16(15)26(23,24)21-11-14(22)12-7-9-13(10-8-12)17(18,19)20/h3-10,14,21-22H,2,11H2,1H3. The molecule has 0 aliphatic rings. The number of hydrogen-bond donors (Lipinski definition) is 2. The number of alkyl halides is 3. The summed E-state index contributed by atoms with van der Waals surface area (Å²) in [5.41, 5.74) is -0.682. The Morgan fingerprint density at radius 1 is 1.12 bits per heavy atom. The van der Waals surface area contributed by atoms with Crippen LogP contribution in [0, 0.1) is 0 Å². The SMILES string of the molecule is CCOc1ccccc1S(=O)(=O)NCC(O)c1ccc(C(F)(F)F)cc1. The molecule has 0 bridgehead atoms. The number of benzene rings is 2. The fraction of sp³-hybridized carbons (Fsp3) is 0.294. The summed E-state index contributed by atoms with van der Waals surface area (Å²) in [5, 5.41) is 10.1. The second-order valence-corrected chi connectivity index (χ2v) is 7.10. The molecule has 0 aliphatic heterocycles. The van der Waals surface area contributed by atoms with Crippen molar-refractivity contribution in [3.8, 4) is 5.75 Å². The Morgan fingerprint density at radius 2 is 1.73 bits per heavy atom. The quantitative estimate of drug-likeness (QED) is 0.763. The van der Waals surface area contributed by atoms with Crippen LogP contribution in [0.1, 0.15) is 24.2 Å². The van der Waals surface area contributed by atoms with Gasteiger partial charge in [-0.25, -0.2) is 13.1 Å². The zero-order valence-electron chi connectivity index (χ0n) is 13.8. The van der Waals surface area contributed by atoms with Gasteiger partial charge in [0.2, 0.25) is 10.0 Å². The molecule has 0 aromatic heterocycles. The van der Waals surface area contributed by atoms with Crippen LogP contribution in [0.15, 0.2) is 53.4 Å². The Hall–Kier alpha value is -2.10. The van der Waals surface area contributed by atoms with Gasteiger partial charge >= 0.3 is 6.18 Å². The van der Waals surface area contributed by atoms with Gasteiger partial charge in [-0.05, 0) is 36.8 Å². The highest BCUT2D eigenvalue weighted by Crippen LogP contribution is 2.30. The van der Waals surface area contributed by atoms with Crippen molar-refractivity contribution in [2.24, 2.45) is 0 Å². The molecule has 142 valence electrons. The molecule has 0 amide bonds. The lowest BCUT2D eigenvalue weighted by molar-refractivity contribution is -0.137. The van der Waals surface area contributed by atoms with Crippen LogP contribution in [0.5, 0.6) is 5.75 Å². The summed E-state index contributed by atoms with van der Waals surface area (Å²) in [5.74, 6) is 0.173. The molecule has 2 N–H and O–H groups in total. The van der Waals surface area contributed by atoms with E-state index in [0.29, 0.717) is 0 Å². The third kappa shape index (κ3) is 4.96. The number of sulfonamides is 1. The molecule has 1 unspecified atom stereocenters. The van der Waals surface area contributed by atoms with Crippen molar-refractivity contribution < 1.29 is 31.4 Å². The molecule has 0 aliphatic carbocycles. The van der Waals surface area contributed by atoms with Crippen molar-refractivity contribution in [3.63, 3.8) is 0 Å². The van der Waals surface area contributed by atoms with Crippen LogP contribution in [0.4, 0.5) is 13.2 Å². The average molecular weight is 389 g/mol. The lowest BCUT2D eigenvalue weighted by Gasteiger charge is -2.15. The van der Waals surface area contributed by atoms with Crippen LogP contribution in [-0.4, -0.2) is 26.7 Å². The van der Waals surface area contributed by atoms with Gasteiger partial charge in [0.15, 0.2) is 0 Å². The predicted molar refractivity (Wildman–Crippen MR) is 89.2 cm³/mol. The third-order valence-electron chi connectivity index (χ3n) is 3.53. The van der Waals surface area contributed by atoms with E-state index < -0.39 is 34.4 Å². The predicted octanol–water partition coefficient (Wildman–Crippen LogP) is 3.12. The number of hydrogen-bond acceptors (Lipinski definition) is 4. The molecule has 26 heavy (non-hydrogen) atoms. The van der Waals surface area contributed by atoms with Crippen molar-refractivity contribution >= 4 is 10.0 Å². The molecule has 0 saturated heterocycles. The highest BCUT2D eigenvalue weighted by Gasteiger charge is 2.30. The summed E-state index contributed by atoms with van der Waals surface area (Å²) in [4.78, 5) is -0.0820. The van der Waals surface area contributed by atoms with E-state index in [0.717, 1.165) is 24.3 Å². The molecule has 0 radical (unpaired) electrons. The van der Waals surface area contributed by atoms with E-state index >= 15 is 0 Å². The topological polar surface area (TPSA) is 75.6 Å². The number of para-hydroxylation sites is 1. The van der Waals surface area contributed by atoms with Gasteiger partial charge in [0.05, 0.1) is 18.3 Å². The number of aliphatic hydroxyl groups is 1. The molecule has 0 spiro atoms. The summed E-state index contributed by atoms with van der Waals surface area (Å²) in [6, 6.07) is 9.90. The second kappa shape index (κ2) is 8.07. The van der Waals surface area contributed by atoms with Crippen molar-refractivity contribution in [2.75, 3.05) is 13.2 Å². The maximum Gasteiger partial charge on any atom is 0.416 e. The van der Waals surface area contributed by atoms with Crippen LogP contribution in [0.25, 0.3) is 0 Å². The molecular weight excluding hydrogens is 371 g/mol. The number of aliphatic hydroxyl groups excluding tert-OH is 1. The molecular formula is C17H18F3NO4S. The van der Waals surface area contributed by atoms with Crippen LogP contribution in [0.2, 0.25) is 0 Å². The van der Waals surface area contributed by atoms with E-state index in [4.69, 9.17) is 4.74 Å². The Labute approximate surface area is 149 Å². The Bertz CT molecular complexity index is 836. The maximum atomic E-state index is 12.5. The van der Waals surface area contributed by atoms with Gasteiger partial charge in [0.25, 0.3) is 0 Å². The molecule has 0 saturated carbocycles. The largest absolute Gasteiger partial charge is 0.492 e. The highest BCUT2D eigenvalue weighted by atomic mass is 32.2. The second-order valence-electron chi connectivity index (χ2n) is 5.37. The monoisotopic (exact) mass is 389 g/mol. The van der Waals surface area contributed by atoms with Gasteiger partial charge in [0, 0.05) is 6.54 Å². The first-order chi connectivity index (χ1) is 12.1. The maximum absolute atomic E-state index is 12.5.